The molecule has 0 nitrogen and oxygen atoms in total. The van der Waals surface area contributed by atoms with Crippen LogP contribution >= 0.6 is 0 Å². The van der Waals surface area contributed by atoms with Gasteiger partial charge in [0.2, 0.25) is 0 Å². The summed E-state index contributed by atoms with van der Waals surface area (Å²) in [6.45, 7) is 6.38. The van der Waals surface area contributed by atoms with Crippen LogP contribution in [-0.4, -0.2) is 0 Å². The normalized spacial score (nSPS) is 11.5. The van der Waals surface area contributed by atoms with E-state index in [1.54, 1.807) is 0 Å². The average Bonchev–Trinajstić information content (AvgIpc) is 3.63. The Balaban J connectivity index is 0.000000164. The Hall–Kier alpha value is -7.72. The lowest BCUT2D eigenvalue weighted by Gasteiger charge is -2.20. The third-order valence-corrected chi connectivity index (χ3v) is 11.9. The number of benzene rings is 10. The van der Waals surface area contributed by atoms with E-state index in [2.05, 4.69) is 232 Å². The zero-order chi connectivity index (χ0) is 41.3. The van der Waals surface area contributed by atoms with Crippen molar-refractivity contribution in [3.8, 4) is 55.6 Å². The molecule has 2 aliphatic carbocycles. The SMILES string of the molecule is Cc1ccc2c(c1)C=C=C=C2.Cc1ccc2ccccc2c1.Cc1cccc(-c2ccc3c4c(cccc24)-c2c-3c(-c3ccccc3)c3ccccc3c2-c2ccccc2)c1. The van der Waals surface area contributed by atoms with Crippen molar-refractivity contribution in [2.24, 2.45) is 0 Å². The first-order chi connectivity index (χ1) is 30.0. The van der Waals surface area contributed by atoms with Gasteiger partial charge >= 0.3 is 0 Å². The largest absolute Gasteiger partial charge is 0.0696 e. The molecule has 2 aliphatic rings. The minimum atomic E-state index is 1.23. The number of fused-ring (bicyclic) bond motifs is 6. The monoisotopic (exact) mass is 776 g/mol. The van der Waals surface area contributed by atoms with Crippen molar-refractivity contribution in [2.45, 2.75) is 20.8 Å². The van der Waals surface area contributed by atoms with E-state index in [1.165, 1.54) is 116 Å². The van der Waals surface area contributed by atoms with E-state index in [0.29, 0.717) is 0 Å². The Morgan fingerprint density at radius 1 is 0.295 bits per heavy atom. The third kappa shape index (κ3) is 7.12. The molecule has 0 radical (unpaired) electrons. The fourth-order valence-electron chi connectivity index (χ4n) is 9.17. The van der Waals surface area contributed by atoms with Crippen LogP contribution in [0.4, 0.5) is 0 Å². The molecular formula is C61H44. The number of hydrogen-bond donors (Lipinski definition) is 0. The van der Waals surface area contributed by atoms with Crippen LogP contribution in [0.5, 0.6) is 0 Å². The highest BCUT2D eigenvalue weighted by Crippen LogP contribution is 2.58. The highest BCUT2D eigenvalue weighted by atomic mass is 14.3. The first kappa shape index (κ1) is 37.5. The van der Waals surface area contributed by atoms with Crippen LogP contribution < -0.4 is 0 Å². The molecule has 0 amide bonds. The van der Waals surface area contributed by atoms with Gasteiger partial charge < -0.3 is 0 Å². The second-order valence-electron chi connectivity index (χ2n) is 16.1. The lowest BCUT2D eigenvalue weighted by atomic mass is 9.82. The molecule has 0 N–H and O–H groups in total. The Labute approximate surface area is 358 Å². The Morgan fingerprint density at radius 2 is 0.803 bits per heavy atom. The van der Waals surface area contributed by atoms with Crippen molar-refractivity contribution in [3.63, 3.8) is 0 Å². The van der Waals surface area contributed by atoms with Gasteiger partial charge in [0, 0.05) is 0 Å². The van der Waals surface area contributed by atoms with Crippen LogP contribution in [0, 0.1) is 20.8 Å². The number of rotatable bonds is 3. The van der Waals surface area contributed by atoms with Crippen molar-refractivity contribution < 1.29 is 0 Å². The highest BCUT2D eigenvalue weighted by molar-refractivity contribution is 6.28. The van der Waals surface area contributed by atoms with Crippen LogP contribution in [0.25, 0.3) is 100 Å². The summed E-state index contributed by atoms with van der Waals surface area (Å²) in [7, 11) is 0. The van der Waals surface area contributed by atoms with Crippen molar-refractivity contribution in [1.82, 2.24) is 0 Å². The quantitative estimate of drug-likeness (QED) is 0.157. The molecule has 0 atom stereocenters. The van der Waals surface area contributed by atoms with Gasteiger partial charge in [-0.2, -0.15) is 0 Å². The average molecular weight is 777 g/mol. The summed E-state index contributed by atoms with van der Waals surface area (Å²) in [6.07, 6.45) is 3.91. The molecule has 0 heteroatoms. The van der Waals surface area contributed by atoms with Gasteiger partial charge in [-0.25, -0.2) is 0 Å². The summed E-state index contributed by atoms with van der Waals surface area (Å²) in [4.78, 5) is 0. The van der Waals surface area contributed by atoms with Crippen LogP contribution in [0.15, 0.2) is 212 Å². The second-order valence-corrected chi connectivity index (χ2v) is 16.1. The van der Waals surface area contributed by atoms with E-state index >= 15 is 0 Å². The van der Waals surface area contributed by atoms with E-state index in [4.69, 9.17) is 0 Å². The van der Waals surface area contributed by atoms with Gasteiger partial charge in [-0.1, -0.05) is 228 Å². The van der Waals surface area contributed by atoms with Crippen molar-refractivity contribution in [1.29, 1.82) is 0 Å². The minimum absolute atomic E-state index is 1.23. The Kier molecular flexibility index (Phi) is 9.94. The van der Waals surface area contributed by atoms with Gasteiger partial charge in [-0.3, -0.25) is 0 Å². The summed E-state index contributed by atoms with van der Waals surface area (Å²) in [5.41, 5.74) is 25.3. The van der Waals surface area contributed by atoms with Crippen LogP contribution in [0.2, 0.25) is 0 Å². The lowest BCUT2D eigenvalue weighted by molar-refractivity contribution is 1.44. The summed E-state index contributed by atoms with van der Waals surface area (Å²) in [5, 5.41) is 7.91. The highest BCUT2D eigenvalue weighted by Gasteiger charge is 2.31. The van der Waals surface area contributed by atoms with Crippen LogP contribution in [-0.2, 0) is 0 Å². The molecule has 288 valence electrons. The smallest absolute Gasteiger partial charge is 0.000741 e. The molecule has 10 aromatic rings. The standard InChI is InChI=1S/C39H26.C11H10.C11H8/c1-25-12-10-17-28(24-25)29-22-23-34-37-30(29)20-11-21-33(37)38-35(26-13-4-2-5-14-26)31-18-8-9-19-32(31)36(39(34)38)27-15-6-3-7-16-27;2*1-9-6-7-10-4-2-3-5-11(10)8-9/h2-24H,1H3;2-8H,1H3;4-8H,1H3. The van der Waals surface area contributed by atoms with E-state index < -0.39 is 0 Å². The van der Waals surface area contributed by atoms with Gasteiger partial charge in [0.15, 0.2) is 0 Å². The molecule has 0 aromatic heterocycles. The maximum Gasteiger partial charge on any atom is -0.000741 e. The fourth-order valence-corrected chi connectivity index (χ4v) is 9.17. The predicted octanol–water partition coefficient (Wildman–Crippen LogP) is 16.9. The molecule has 10 aromatic carbocycles. The molecule has 0 saturated carbocycles. The maximum atomic E-state index is 2.94. The number of aryl methyl sites for hydroxylation is 3. The molecule has 0 heterocycles. The minimum Gasteiger partial charge on any atom is -0.0696 e. The molecule has 0 unspecified atom stereocenters. The van der Waals surface area contributed by atoms with E-state index in [1.807, 2.05) is 12.2 Å². The Bertz CT molecular complexity index is 3300. The van der Waals surface area contributed by atoms with Crippen LogP contribution in [0.1, 0.15) is 27.8 Å². The molecule has 0 bridgehead atoms. The van der Waals surface area contributed by atoms with Crippen LogP contribution in [0.3, 0.4) is 0 Å². The lowest BCUT2D eigenvalue weighted by Crippen LogP contribution is -1.93. The maximum absolute atomic E-state index is 2.94. The molecule has 0 spiro atoms. The van der Waals surface area contributed by atoms with Gasteiger partial charge in [-0.15, -0.1) is 0 Å². The first-order valence-electron chi connectivity index (χ1n) is 21.1. The molecule has 12 rings (SSSR count). The summed E-state index contributed by atoms with van der Waals surface area (Å²) >= 11 is 0. The molecule has 0 fully saturated rings. The zero-order valence-electron chi connectivity index (χ0n) is 34.7. The second kappa shape index (κ2) is 16.1. The Morgan fingerprint density at radius 3 is 1.49 bits per heavy atom. The molecule has 0 saturated heterocycles. The summed E-state index contributed by atoms with van der Waals surface area (Å²) in [5.74, 6) is 0. The summed E-state index contributed by atoms with van der Waals surface area (Å²) < 4.78 is 0. The summed E-state index contributed by atoms with van der Waals surface area (Å²) in [6, 6.07) is 72.5. The van der Waals surface area contributed by atoms with E-state index in [-0.39, 0.29) is 0 Å². The zero-order valence-corrected chi connectivity index (χ0v) is 34.7. The van der Waals surface area contributed by atoms with Crippen molar-refractivity contribution in [3.05, 3.63) is 239 Å². The van der Waals surface area contributed by atoms with E-state index in [9.17, 15) is 0 Å². The molecule has 61 heavy (non-hydrogen) atoms. The van der Waals surface area contributed by atoms with Gasteiger partial charge in [0.25, 0.3) is 0 Å². The van der Waals surface area contributed by atoms with E-state index in [0.717, 1.165) is 0 Å². The van der Waals surface area contributed by atoms with Crippen molar-refractivity contribution in [2.75, 3.05) is 0 Å². The third-order valence-electron chi connectivity index (χ3n) is 11.9. The van der Waals surface area contributed by atoms with Gasteiger partial charge in [-0.05, 0) is 132 Å². The predicted molar refractivity (Wildman–Crippen MR) is 263 cm³/mol. The fraction of sp³-hybridized carbons (Fsp3) is 0.0492. The molecular weight excluding hydrogens is 733 g/mol. The first-order valence-corrected chi connectivity index (χ1v) is 21.1. The van der Waals surface area contributed by atoms with Gasteiger partial charge in [0.1, 0.15) is 0 Å². The topological polar surface area (TPSA) is 0 Å². The van der Waals surface area contributed by atoms with Gasteiger partial charge in [0.05, 0.1) is 0 Å². The molecule has 0 aliphatic heterocycles. The van der Waals surface area contributed by atoms with Crippen molar-refractivity contribution >= 4 is 44.5 Å². The number of hydrogen-bond acceptors (Lipinski definition) is 0.